The van der Waals surface area contributed by atoms with Crippen LogP contribution in [-0.4, -0.2) is 18.2 Å². The van der Waals surface area contributed by atoms with Crippen LogP contribution in [0.1, 0.15) is 43.5 Å². The van der Waals surface area contributed by atoms with E-state index in [9.17, 15) is 9.36 Å². The van der Waals surface area contributed by atoms with Gasteiger partial charge in [-0.15, -0.1) is 0 Å². The van der Waals surface area contributed by atoms with Gasteiger partial charge in [0, 0.05) is 17.0 Å². The van der Waals surface area contributed by atoms with Gasteiger partial charge in [0.15, 0.2) is 0 Å². The van der Waals surface area contributed by atoms with Gasteiger partial charge in [0.1, 0.15) is 6.10 Å². The number of hydrogen-bond acceptors (Lipinski definition) is 4. The van der Waals surface area contributed by atoms with Crippen molar-refractivity contribution < 1.29 is 18.6 Å². The average Bonchev–Trinajstić information content (AvgIpc) is 2.84. The van der Waals surface area contributed by atoms with Gasteiger partial charge < -0.3 is 9.26 Å². The van der Waals surface area contributed by atoms with Crippen molar-refractivity contribution in [1.82, 2.24) is 0 Å². The van der Waals surface area contributed by atoms with Crippen LogP contribution in [0.2, 0.25) is 0 Å². The van der Waals surface area contributed by atoms with Gasteiger partial charge in [0.2, 0.25) is 0 Å². The third-order valence-corrected chi connectivity index (χ3v) is 7.76. The molecule has 0 fully saturated rings. The van der Waals surface area contributed by atoms with Crippen LogP contribution in [0.25, 0.3) is 0 Å². The van der Waals surface area contributed by atoms with Crippen molar-refractivity contribution >= 4 is 23.9 Å². The van der Waals surface area contributed by atoms with Gasteiger partial charge in [-0.3, -0.25) is 4.57 Å². The highest BCUT2D eigenvalue weighted by Gasteiger charge is 2.32. The zero-order valence-corrected chi connectivity index (χ0v) is 18.9. The molecule has 0 aliphatic rings. The molecule has 0 N–H and O–H groups in total. The second-order valence-electron chi connectivity index (χ2n) is 7.40. The minimum atomic E-state index is -3.30. The summed E-state index contributed by atoms with van der Waals surface area (Å²) in [6.45, 7) is 3.97. The van der Waals surface area contributed by atoms with Gasteiger partial charge in [-0.2, -0.15) is 0 Å². The number of ether oxygens (including phenoxy) is 1. The lowest BCUT2D eigenvalue weighted by atomic mass is 10.1. The molecule has 0 radical (unpaired) electrons. The maximum atomic E-state index is 14.2. The third kappa shape index (κ3) is 5.94. The molecule has 3 aromatic rings. The molecule has 4 nitrogen and oxygen atoms in total. The van der Waals surface area contributed by atoms with Gasteiger partial charge in [-0.25, -0.2) is 4.79 Å². The number of hydrogen-bond donors (Lipinski definition) is 0. The lowest BCUT2D eigenvalue weighted by molar-refractivity contribution is 0.0169. The SMILES string of the molecule is CCC(CC(CC)OP(=O)(c1ccccc1)c1ccccc1)OC(=O)c1ccccc1. The van der Waals surface area contributed by atoms with E-state index >= 15 is 0 Å². The highest BCUT2D eigenvalue weighted by Crippen LogP contribution is 2.47. The summed E-state index contributed by atoms with van der Waals surface area (Å²) in [5, 5.41) is 1.32. The molecule has 0 spiro atoms. The van der Waals surface area contributed by atoms with E-state index in [0.29, 0.717) is 35.4 Å². The molecule has 0 aliphatic carbocycles. The van der Waals surface area contributed by atoms with Gasteiger partial charge >= 0.3 is 5.97 Å². The van der Waals surface area contributed by atoms with Gasteiger partial charge in [-0.1, -0.05) is 68.4 Å². The highest BCUT2D eigenvalue weighted by atomic mass is 31.2. The van der Waals surface area contributed by atoms with E-state index in [4.69, 9.17) is 9.26 Å². The Morgan fingerprint density at radius 3 is 1.65 bits per heavy atom. The number of esters is 1. The number of benzene rings is 3. The Kier molecular flexibility index (Phi) is 8.22. The summed E-state index contributed by atoms with van der Waals surface area (Å²) in [5.74, 6) is -0.350. The fraction of sp³-hybridized carbons (Fsp3) is 0.269. The molecule has 31 heavy (non-hydrogen) atoms. The molecule has 0 aromatic heterocycles. The summed E-state index contributed by atoms with van der Waals surface area (Å²) in [7, 11) is -3.30. The van der Waals surface area contributed by atoms with Crippen LogP contribution in [0.5, 0.6) is 0 Å². The molecule has 0 heterocycles. The van der Waals surface area contributed by atoms with Crippen LogP contribution in [0.4, 0.5) is 0 Å². The Balaban J connectivity index is 1.79. The Bertz CT molecular complexity index is 946. The van der Waals surface area contributed by atoms with E-state index in [-0.39, 0.29) is 18.2 Å². The minimum Gasteiger partial charge on any atom is -0.459 e. The average molecular weight is 436 g/mol. The monoisotopic (exact) mass is 436 g/mol. The lowest BCUT2D eigenvalue weighted by Crippen LogP contribution is -2.28. The zero-order chi connectivity index (χ0) is 22.1. The van der Waals surface area contributed by atoms with Gasteiger partial charge in [0.05, 0.1) is 11.7 Å². The molecule has 3 aromatic carbocycles. The lowest BCUT2D eigenvalue weighted by Gasteiger charge is -2.27. The maximum absolute atomic E-state index is 14.2. The van der Waals surface area contributed by atoms with Crippen LogP contribution < -0.4 is 10.6 Å². The Morgan fingerprint density at radius 1 is 0.742 bits per heavy atom. The predicted octanol–water partition coefficient (Wildman–Crippen LogP) is 5.74. The van der Waals surface area contributed by atoms with Crippen molar-refractivity contribution in [2.75, 3.05) is 0 Å². The van der Waals surface area contributed by atoms with Crippen molar-refractivity contribution in [3.8, 4) is 0 Å². The van der Waals surface area contributed by atoms with Crippen LogP contribution in [0.3, 0.4) is 0 Å². The molecule has 5 heteroatoms. The van der Waals surface area contributed by atoms with E-state index in [1.807, 2.05) is 92.7 Å². The normalized spacial score (nSPS) is 13.4. The Hall–Kier alpha value is -2.68. The topological polar surface area (TPSA) is 52.6 Å². The molecular weight excluding hydrogens is 407 g/mol. The van der Waals surface area contributed by atoms with E-state index < -0.39 is 7.37 Å². The van der Waals surface area contributed by atoms with Crippen molar-refractivity contribution in [3.63, 3.8) is 0 Å². The standard InChI is InChI=1S/C26H29O4P/c1-3-22(29-26(27)21-14-8-5-9-15-21)20-23(4-2)30-31(28,24-16-10-6-11-17-24)25-18-12-7-13-19-25/h5-19,22-23H,3-4,20H2,1-2H3. The van der Waals surface area contributed by atoms with Crippen molar-refractivity contribution in [2.24, 2.45) is 0 Å². The number of rotatable bonds is 10. The first-order valence-corrected chi connectivity index (χ1v) is 12.3. The Morgan fingerprint density at radius 2 is 1.19 bits per heavy atom. The fourth-order valence-corrected chi connectivity index (χ4v) is 5.72. The molecule has 2 unspecified atom stereocenters. The molecular formula is C26H29O4P. The summed E-state index contributed by atoms with van der Waals surface area (Å²) < 4.78 is 26.2. The van der Waals surface area contributed by atoms with Crippen LogP contribution in [0, 0.1) is 0 Å². The van der Waals surface area contributed by atoms with E-state index in [0.717, 1.165) is 0 Å². The maximum Gasteiger partial charge on any atom is 0.338 e. The second kappa shape index (κ2) is 11.1. The minimum absolute atomic E-state index is 0.320. The first kappa shape index (κ1) is 23.0. The molecule has 2 atom stereocenters. The van der Waals surface area contributed by atoms with Crippen LogP contribution in [-0.2, 0) is 13.8 Å². The quantitative estimate of drug-likeness (QED) is 0.301. The first-order valence-electron chi connectivity index (χ1n) is 10.7. The molecule has 0 bridgehead atoms. The van der Waals surface area contributed by atoms with Gasteiger partial charge in [0.25, 0.3) is 7.37 Å². The smallest absolute Gasteiger partial charge is 0.338 e. The Labute approximate surface area is 184 Å². The van der Waals surface area contributed by atoms with Gasteiger partial charge in [-0.05, 0) is 49.2 Å². The summed E-state index contributed by atoms with van der Waals surface area (Å²) in [5.41, 5.74) is 0.522. The number of carbonyl (C=O) groups excluding carboxylic acids is 1. The molecule has 0 saturated heterocycles. The molecule has 3 rings (SSSR count). The fourth-order valence-electron chi connectivity index (χ4n) is 3.40. The zero-order valence-electron chi connectivity index (χ0n) is 18.0. The highest BCUT2D eigenvalue weighted by molar-refractivity contribution is 7.74. The van der Waals surface area contributed by atoms with Crippen LogP contribution in [0.15, 0.2) is 91.0 Å². The summed E-state index contributed by atoms with van der Waals surface area (Å²) >= 11 is 0. The summed E-state index contributed by atoms with van der Waals surface area (Å²) in [6, 6.07) is 27.6. The molecule has 162 valence electrons. The van der Waals surface area contributed by atoms with Crippen molar-refractivity contribution in [3.05, 3.63) is 96.6 Å². The molecule has 0 aliphatic heterocycles. The number of carbonyl (C=O) groups is 1. The van der Waals surface area contributed by atoms with E-state index in [1.54, 1.807) is 12.1 Å². The summed E-state index contributed by atoms with van der Waals surface area (Å²) in [4.78, 5) is 12.5. The second-order valence-corrected chi connectivity index (χ2v) is 9.74. The third-order valence-electron chi connectivity index (χ3n) is 5.21. The summed E-state index contributed by atoms with van der Waals surface area (Å²) in [6.07, 6.45) is 1.15. The first-order chi connectivity index (χ1) is 15.1. The van der Waals surface area contributed by atoms with E-state index in [1.165, 1.54) is 0 Å². The van der Waals surface area contributed by atoms with Crippen LogP contribution >= 0.6 is 7.37 Å². The van der Waals surface area contributed by atoms with Crippen molar-refractivity contribution in [2.45, 2.75) is 45.3 Å². The van der Waals surface area contributed by atoms with E-state index in [2.05, 4.69) is 0 Å². The largest absolute Gasteiger partial charge is 0.459 e. The van der Waals surface area contributed by atoms with Crippen molar-refractivity contribution in [1.29, 1.82) is 0 Å². The molecule has 0 amide bonds. The predicted molar refractivity (Wildman–Crippen MR) is 125 cm³/mol. The molecule has 0 saturated carbocycles.